The lowest BCUT2D eigenvalue weighted by atomic mass is 10.1. The van der Waals surface area contributed by atoms with Crippen LogP contribution in [0.2, 0.25) is 0 Å². The number of nitrogens with zero attached hydrogens (tertiary/aromatic N) is 2. The van der Waals surface area contributed by atoms with Crippen molar-refractivity contribution in [2.24, 2.45) is 0 Å². The monoisotopic (exact) mass is 397 g/mol. The second kappa shape index (κ2) is 10.0. The Morgan fingerprint density at radius 3 is 2.28 bits per heavy atom. The van der Waals surface area contributed by atoms with Crippen LogP contribution in [-0.4, -0.2) is 42.9 Å². The van der Waals surface area contributed by atoms with Crippen molar-refractivity contribution in [3.8, 4) is 0 Å². The summed E-state index contributed by atoms with van der Waals surface area (Å²) in [7, 11) is 0. The van der Waals surface area contributed by atoms with Gasteiger partial charge in [-0.2, -0.15) is 0 Å². The number of halogens is 1. The van der Waals surface area contributed by atoms with Crippen LogP contribution in [-0.2, 0) is 16.0 Å². The van der Waals surface area contributed by atoms with Crippen LogP contribution in [0.25, 0.3) is 0 Å². The molecule has 1 fully saturated rings. The van der Waals surface area contributed by atoms with Crippen molar-refractivity contribution in [1.29, 1.82) is 0 Å². The molecule has 2 aromatic carbocycles. The van der Waals surface area contributed by atoms with E-state index in [1.54, 1.807) is 17.0 Å². The average molecular weight is 397 g/mol. The maximum Gasteiger partial charge on any atom is 0.226 e. The summed E-state index contributed by atoms with van der Waals surface area (Å²) in [5, 5.41) is 2.90. The number of rotatable bonds is 8. The van der Waals surface area contributed by atoms with E-state index in [0.717, 1.165) is 24.3 Å². The molecule has 0 aliphatic carbocycles. The van der Waals surface area contributed by atoms with Gasteiger partial charge in [0.2, 0.25) is 11.8 Å². The van der Waals surface area contributed by atoms with Gasteiger partial charge in [0.25, 0.3) is 0 Å². The summed E-state index contributed by atoms with van der Waals surface area (Å²) in [6.45, 7) is 4.53. The molecule has 6 heteroatoms. The fourth-order valence-electron chi connectivity index (χ4n) is 3.53. The molecule has 0 aromatic heterocycles. The van der Waals surface area contributed by atoms with Gasteiger partial charge in [0, 0.05) is 50.9 Å². The van der Waals surface area contributed by atoms with Crippen LogP contribution in [0.1, 0.15) is 31.7 Å². The van der Waals surface area contributed by atoms with Crippen molar-refractivity contribution in [3.63, 3.8) is 0 Å². The van der Waals surface area contributed by atoms with Gasteiger partial charge in [-0.15, -0.1) is 0 Å². The third kappa shape index (κ3) is 6.31. The quantitative estimate of drug-likeness (QED) is 0.736. The van der Waals surface area contributed by atoms with Crippen molar-refractivity contribution in [2.45, 2.75) is 32.6 Å². The summed E-state index contributed by atoms with van der Waals surface area (Å²) in [4.78, 5) is 28.2. The van der Waals surface area contributed by atoms with Gasteiger partial charge in [-0.3, -0.25) is 9.59 Å². The average Bonchev–Trinajstić information content (AvgIpc) is 3.24. The van der Waals surface area contributed by atoms with Crippen LogP contribution < -0.4 is 10.2 Å². The highest BCUT2D eigenvalue weighted by molar-refractivity contribution is 5.91. The molecule has 1 aliphatic rings. The molecule has 0 unspecified atom stereocenters. The number of amides is 2. The first kappa shape index (κ1) is 20.8. The maximum atomic E-state index is 13.0. The Labute approximate surface area is 171 Å². The first-order valence-corrected chi connectivity index (χ1v) is 10.2. The summed E-state index contributed by atoms with van der Waals surface area (Å²) < 4.78 is 13.0. The molecule has 0 atom stereocenters. The zero-order valence-corrected chi connectivity index (χ0v) is 16.9. The molecule has 1 heterocycles. The second-order valence-corrected chi connectivity index (χ2v) is 7.42. The van der Waals surface area contributed by atoms with E-state index in [4.69, 9.17) is 0 Å². The topological polar surface area (TPSA) is 52.7 Å². The van der Waals surface area contributed by atoms with Crippen LogP contribution in [0, 0.1) is 5.82 Å². The first-order chi connectivity index (χ1) is 14.0. The molecule has 1 aliphatic heterocycles. The summed E-state index contributed by atoms with van der Waals surface area (Å²) in [5.74, 6) is -0.468. The zero-order chi connectivity index (χ0) is 20.6. The molecule has 1 saturated heterocycles. The Morgan fingerprint density at radius 1 is 1.00 bits per heavy atom. The lowest BCUT2D eigenvalue weighted by molar-refractivity contribution is -0.129. The van der Waals surface area contributed by atoms with Crippen molar-refractivity contribution in [1.82, 2.24) is 4.90 Å². The Kier molecular flexibility index (Phi) is 7.22. The van der Waals surface area contributed by atoms with Gasteiger partial charge < -0.3 is 15.1 Å². The Hall–Kier alpha value is -2.89. The van der Waals surface area contributed by atoms with Crippen molar-refractivity contribution < 1.29 is 14.0 Å². The zero-order valence-electron chi connectivity index (χ0n) is 16.9. The third-order valence-corrected chi connectivity index (χ3v) is 5.26. The first-order valence-electron chi connectivity index (χ1n) is 10.2. The molecular weight excluding hydrogens is 369 g/mol. The number of nitrogens with one attached hydrogen (secondary N) is 1. The van der Waals surface area contributed by atoms with Crippen molar-refractivity contribution >= 4 is 23.2 Å². The molecule has 0 spiro atoms. The van der Waals surface area contributed by atoms with Gasteiger partial charge in [-0.25, -0.2) is 4.39 Å². The van der Waals surface area contributed by atoms with Gasteiger partial charge in [0.1, 0.15) is 5.82 Å². The lowest BCUT2D eigenvalue weighted by Crippen LogP contribution is -2.33. The third-order valence-electron chi connectivity index (χ3n) is 5.26. The fourth-order valence-corrected chi connectivity index (χ4v) is 3.53. The second-order valence-electron chi connectivity index (χ2n) is 7.42. The van der Waals surface area contributed by atoms with Crippen LogP contribution >= 0.6 is 0 Å². The molecule has 1 N–H and O–H groups in total. The molecule has 0 radical (unpaired) electrons. The summed E-state index contributed by atoms with van der Waals surface area (Å²) in [5.41, 5.74) is 2.91. The van der Waals surface area contributed by atoms with Gasteiger partial charge in [-0.05, 0) is 61.2 Å². The standard InChI is InChI=1S/C23H28FN3O2/c1-18(28)26(16-12-19-4-6-20(24)7-5-19)17-13-23(29)25-21-8-10-22(11-9-21)27-14-2-3-15-27/h4-11H,2-3,12-17H2,1H3,(H,25,29). The number of benzene rings is 2. The van der Waals surface area contributed by atoms with Crippen molar-refractivity contribution in [3.05, 3.63) is 59.9 Å². The highest BCUT2D eigenvalue weighted by Crippen LogP contribution is 2.22. The number of carbonyl (C=O) groups excluding carboxylic acids is 2. The summed E-state index contributed by atoms with van der Waals surface area (Å²) in [6, 6.07) is 14.2. The van der Waals surface area contributed by atoms with Crippen LogP contribution in [0.15, 0.2) is 48.5 Å². The van der Waals surface area contributed by atoms with E-state index in [2.05, 4.69) is 10.2 Å². The van der Waals surface area contributed by atoms with E-state index in [0.29, 0.717) is 19.5 Å². The van der Waals surface area contributed by atoms with Crippen LogP contribution in [0.4, 0.5) is 15.8 Å². The fraction of sp³-hybridized carbons (Fsp3) is 0.391. The number of hydrogen-bond acceptors (Lipinski definition) is 3. The molecule has 154 valence electrons. The highest BCUT2D eigenvalue weighted by atomic mass is 19.1. The molecule has 2 aromatic rings. The van der Waals surface area contributed by atoms with Crippen molar-refractivity contribution in [2.75, 3.05) is 36.4 Å². The van der Waals surface area contributed by atoms with E-state index in [9.17, 15) is 14.0 Å². The minimum Gasteiger partial charge on any atom is -0.372 e. The van der Waals surface area contributed by atoms with Gasteiger partial charge in [-0.1, -0.05) is 12.1 Å². The largest absolute Gasteiger partial charge is 0.372 e. The minimum atomic E-state index is -0.276. The predicted molar refractivity (Wildman–Crippen MR) is 113 cm³/mol. The molecule has 5 nitrogen and oxygen atoms in total. The Balaban J connectivity index is 1.45. The summed E-state index contributed by atoms with van der Waals surface area (Å²) in [6.07, 6.45) is 3.31. The molecule has 3 rings (SSSR count). The molecule has 0 bridgehead atoms. The van der Waals surface area contributed by atoms with E-state index >= 15 is 0 Å². The molecule has 29 heavy (non-hydrogen) atoms. The number of anilines is 2. The number of carbonyl (C=O) groups is 2. The summed E-state index contributed by atoms with van der Waals surface area (Å²) >= 11 is 0. The normalized spacial score (nSPS) is 13.4. The van der Waals surface area contributed by atoms with E-state index in [1.165, 1.54) is 37.6 Å². The van der Waals surface area contributed by atoms with Gasteiger partial charge >= 0.3 is 0 Å². The van der Waals surface area contributed by atoms with Crippen LogP contribution in [0.5, 0.6) is 0 Å². The van der Waals surface area contributed by atoms with E-state index < -0.39 is 0 Å². The molecule has 0 saturated carbocycles. The molecular formula is C23H28FN3O2. The van der Waals surface area contributed by atoms with Gasteiger partial charge in [0.15, 0.2) is 0 Å². The highest BCUT2D eigenvalue weighted by Gasteiger charge is 2.13. The lowest BCUT2D eigenvalue weighted by Gasteiger charge is -2.21. The maximum absolute atomic E-state index is 13.0. The van der Waals surface area contributed by atoms with E-state index in [1.807, 2.05) is 24.3 Å². The predicted octanol–water partition coefficient (Wildman–Crippen LogP) is 3.85. The SMILES string of the molecule is CC(=O)N(CCC(=O)Nc1ccc(N2CCCC2)cc1)CCc1ccc(F)cc1. The smallest absolute Gasteiger partial charge is 0.226 e. The van der Waals surface area contributed by atoms with Gasteiger partial charge in [0.05, 0.1) is 0 Å². The van der Waals surface area contributed by atoms with E-state index in [-0.39, 0.29) is 24.1 Å². The number of hydrogen-bond donors (Lipinski definition) is 1. The Bertz CT molecular complexity index is 815. The Morgan fingerprint density at radius 2 is 1.66 bits per heavy atom. The van der Waals surface area contributed by atoms with Crippen LogP contribution in [0.3, 0.4) is 0 Å². The minimum absolute atomic E-state index is 0.0742. The molecule has 2 amide bonds.